The molecule has 0 radical (unpaired) electrons. The first-order valence-electron chi connectivity index (χ1n) is 10.4. The summed E-state index contributed by atoms with van der Waals surface area (Å²) < 4.78 is 23.3. The van der Waals surface area contributed by atoms with Crippen LogP contribution in [0.5, 0.6) is 0 Å². The first kappa shape index (κ1) is 20.4. The average molecular weight is 405 g/mol. The lowest BCUT2D eigenvalue weighted by molar-refractivity contribution is -0.134. The van der Waals surface area contributed by atoms with E-state index in [1.807, 2.05) is 57.2 Å². The van der Waals surface area contributed by atoms with Gasteiger partial charge in [-0.15, -0.1) is 0 Å². The second kappa shape index (κ2) is 9.28. The fourth-order valence-electron chi connectivity index (χ4n) is 3.55. The molecule has 0 N–H and O–H groups in total. The standard InChI is InChI=1S/C25H27NO4/c1-4-27-24(28-5-2)14-18-11-12-23-20(13-18)15-21(30-23)16-22-17(3)29-25(26-22)19-9-7-6-8-10-19/h6-13,15,24H,4-5,14,16H2,1-3H3. The molecule has 0 saturated carbocycles. The summed E-state index contributed by atoms with van der Waals surface area (Å²) in [7, 11) is 0. The largest absolute Gasteiger partial charge is 0.461 e. The normalized spacial score (nSPS) is 11.6. The maximum absolute atomic E-state index is 6.05. The second-order valence-electron chi connectivity index (χ2n) is 7.19. The van der Waals surface area contributed by atoms with E-state index >= 15 is 0 Å². The van der Waals surface area contributed by atoms with E-state index < -0.39 is 0 Å². The molecule has 2 aromatic heterocycles. The number of nitrogens with zero attached hydrogens (tertiary/aromatic N) is 1. The highest BCUT2D eigenvalue weighted by molar-refractivity contribution is 5.78. The molecule has 156 valence electrons. The summed E-state index contributed by atoms with van der Waals surface area (Å²) in [5, 5.41) is 1.07. The summed E-state index contributed by atoms with van der Waals surface area (Å²) in [5.41, 5.74) is 3.88. The third-order valence-electron chi connectivity index (χ3n) is 4.99. The third kappa shape index (κ3) is 4.64. The SMILES string of the molecule is CCOC(Cc1ccc2oc(Cc3nc(-c4ccccc4)oc3C)cc2c1)OCC. The number of furan rings is 1. The van der Waals surface area contributed by atoms with Crippen molar-refractivity contribution in [1.82, 2.24) is 4.98 Å². The quantitative estimate of drug-likeness (QED) is 0.323. The highest BCUT2D eigenvalue weighted by Crippen LogP contribution is 2.27. The van der Waals surface area contributed by atoms with Crippen molar-refractivity contribution >= 4 is 11.0 Å². The Morgan fingerprint density at radius 2 is 1.70 bits per heavy atom. The van der Waals surface area contributed by atoms with Crippen molar-refractivity contribution in [3.63, 3.8) is 0 Å². The molecule has 0 aliphatic heterocycles. The lowest BCUT2D eigenvalue weighted by Gasteiger charge is -2.16. The predicted molar refractivity (Wildman–Crippen MR) is 116 cm³/mol. The average Bonchev–Trinajstić information content (AvgIpc) is 3.32. The van der Waals surface area contributed by atoms with Crippen molar-refractivity contribution in [3.8, 4) is 11.5 Å². The van der Waals surface area contributed by atoms with Crippen LogP contribution in [0.4, 0.5) is 0 Å². The Balaban J connectivity index is 1.52. The summed E-state index contributed by atoms with van der Waals surface area (Å²) in [4.78, 5) is 4.68. The molecule has 0 atom stereocenters. The summed E-state index contributed by atoms with van der Waals surface area (Å²) in [5.74, 6) is 2.31. The lowest BCUT2D eigenvalue weighted by atomic mass is 10.1. The number of aryl methyl sites for hydroxylation is 1. The molecule has 0 unspecified atom stereocenters. The summed E-state index contributed by atoms with van der Waals surface area (Å²) in [6, 6.07) is 18.2. The van der Waals surface area contributed by atoms with Gasteiger partial charge in [0.2, 0.25) is 5.89 Å². The van der Waals surface area contributed by atoms with Crippen LogP contribution in [0.3, 0.4) is 0 Å². The van der Waals surface area contributed by atoms with Crippen LogP contribution in [0.25, 0.3) is 22.4 Å². The molecule has 0 saturated heterocycles. The van der Waals surface area contributed by atoms with E-state index in [2.05, 4.69) is 23.2 Å². The van der Waals surface area contributed by atoms with E-state index in [9.17, 15) is 0 Å². The molecule has 0 bridgehead atoms. The van der Waals surface area contributed by atoms with E-state index in [1.165, 1.54) is 0 Å². The van der Waals surface area contributed by atoms with Crippen LogP contribution in [0.2, 0.25) is 0 Å². The molecule has 0 aliphatic carbocycles. The first-order chi connectivity index (χ1) is 14.7. The minimum absolute atomic E-state index is 0.224. The molecule has 5 nitrogen and oxygen atoms in total. The number of hydrogen-bond donors (Lipinski definition) is 0. The number of aromatic nitrogens is 1. The zero-order valence-corrected chi connectivity index (χ0v) is 17.7. The molecule has 5 heteroatoms. The Bertz CT molecular complexity index is 1090. The van der Waals surface area contributed by atoms with Crippen LogP contribution < -0.4 is 0 Å². The smallest absolute Gasteiger partial charge is 0.226 e. The highest BCUT2D eigenvalue weighted by Gasteiger charge is 2.15. The first-order valence-corrected chi connectivity index (χ1v) is 10.4. The molecule has 0 spiro atoms. The van der Waals surface area contributed by atoms with Crippen LogP contribution in [-0.2, 0) is 22.3 Å². The van der Waals surface area contributed by atoms with Crippen LogP contribution >= 0.6 is 0 Å². The van der Waals surface area contributed by atoms with Crippen molar-refractivity contribution in [2.75, 3.05) is 13.2 Å². The fourth-order valence-corrected chi connectivity index (χ4v) is 3.55. The molecular formula is C25H27NO4. The van der Waals surface area contributed by atoms with Crippen LogP contribution in [0.15, 0.2) is 63.4 Å². The van der Waals surface area contributed by atoms with Crippen molar-refractivity contribution in [1.29, 1.82) is 0 Å². The van der Waals surface area contributed by atoms with Crippen molar-refractivity contribution in [2.45, 2.75) is 39.9 Å². The van der Waals surface area contributed by atoms with Gasteiger partial charge in [-0.25, -0.2) is 4.98 Å². The number of benzene rings is 2. The molecule has 0 aliphatic rings. The number of fused-ring (bicyclic) bond motifs is 1. The zero-order chi connectivity index (χ0) is 20.9. The van der Waals surface area contributed by atoms with Gasteiger partial charge in [0.05, 0.1) is 12.1 Å². The van der Waals surface area contributed by atoms with E-state index in [-0.39, 0.29) is 6.29 Å². The Kier molecular flexibility index (Phi) is 6.31. The molecule has 30 heavy (non-hydrogen) atoms. The third-order valence-corrected chi connectivity index (χ3v) is 4.99. The van der Waals surface area contributed by atoms with Crippen LogP contribution in [0, 0.1) is 6.92 Å². The molecule has 2 aromatic carbocycles. The predicted octanol–water partition coefficient (Wildman–Crippen LogP) is 5.93. The summed E-state index contributed by atoms with van der Waals surface area (Å²) in [6.07, 6.45) is 1.08. The van der Waals surface area contributed by atoms with Gasteiger partial charge < -0.3 is 18.3 Å². The van der Waals surface area contributed by atoms with Gasteiger partial charge in [-0.2, -0.15) is 0 Å². The molecule has 0 amide bonds. The van der Waals surface area contributed by atoms with Crippen molar-refractivity contribution in [3.05, 3.63) is 77.4 Å². The Morgan fingerprint density at radius 1 is 0.933 bits per heavy atom. The van der Waals surface area contributed by atoms with Gasteiger partial charge in [0, 0.05) is 30.6 Å². The van der Waals surface area contributed by atoms with Gasteiger partial charge in [0.25, 0.3) is 0 Å². The summed E-state index contributed by atoms with van der Waals surface area (Å²) >= 11 is 0. The van der Waals surface area contributed by atoms with Gasteiger partial charge >= 0.3 is 0 Å². The second-order valence-corrected chi connectivity index (χ2v) is 7.19. The van der Waals surface area contributed by atoms with E-state index in [0.29, 0.717) is 31.9 Å². The zero-order valence-electron chi connectivity index (χ0n) is 17.7. The van der Waals surface area contributed by atoms with Gasteiger partial charge in [-0.3, -0.25) is 0 Å². The lowest BCUT2D eigenvalue weighted by Crippen LogP contribution is -2.20. The Hall–Kier alpha value is -2.89. The van der Waals surface area contributed by atoms with Gasteiger partial charge in [0.1, 0.15) is 17.1 Å². The molecule has 0 fully saturated rings. The van der Waals surface area contributed by atoms with E-state index in [0.717, 1.165) is 39.3 Å². The monoisotopic (exact) mass is 405 g/mol. The van der Waals surface area contributed by atoms with Crippen LogP contribution in [0.1, 0.15) is 36.6 Å². The maximum Gasteiger partial charge on any atom is 0.226 e. The molecular weight excluding hydrogens is 378 g/mol. The van der Waals surface area contributed by atoms with Crippen molar-refractivity contribution in [2.24, 2.45) is 0 Å². The molecule has 4 aromatic rings. The summed E-state index contributed by atoms with van der Waals surface area (Å²) in [6.45, 7) is 7.16. The number of oxazole rings is 1. The van der Waals surface area contributed by atoms with Gasteiger partial charge in [0.15, 0.2) is 6.29 Å². The maximum atomic E-state index is 6.05. The minimum Gasteiger partial charge on any atom is -0.461 e. The van der Waals surface area contributed by atoms with E-state index in [4.69, 9.17) is 18.3 Å². The number of hydrogen-bond acceptors (Lipinski definition) is 5. The van der Waals surface area contributed by atoms with Crippen molar-refractivity contribution < 1.29 is 18.3 Å². The van der Waals surface area contributed by atoms with Gasteiger partial charge in [-0.1, -0.05) is 24.3 Å². The number of rotatable bonds is 9. The molecule has 2 heterocycles. The highest BCUT2D eigenvalue weighted by atomic mass is 16.7. The minimum atomic E-state index is -0.224. The van der Waals surface area contributed by atoms with Crippen LogP contribution in [-0.4, -0.2) is 24.5 Å². The van der Waals surface area contributed by atoms with Gasteiger partial charge in [-0.05, 0) is 56.7 Å². The topological polar surface area (TPSA) is 57.6 Å². The van der Waals surface area contributed by atoms with E-state index in [1.54, 1.807) is 0 Å². The number of ether oxygens (including phenoxy) is 2. The Labute approximate surface area is 176 Å². The fraction of sp³-hybridized carbons (Fsp3) is 0.320. The Morgan fingerprint density at radius 3 is 2.43 bits per heavy atom. The molecule has 4 rings (SSSR count).